The molecule has 1 aliphatic rings. The van der Waals surface area contributed by atoms with Crippen molar-refractivity contribution >= 4 is 11.9 Å². The van der Waals surface area contributed by atoms with Crippen molar-refractivity contribution in [3.8, 4) is 0 Å². The molecule has 0 aromatic carbocycles. The second kappa shape index (κ2) is 5.82. The highest BCUT2D eigenvalue weighted by Gasteiger charge is 2.36. The highest BCUT2D eigenvalue weighted by Crippen LogP contribution is 2.21. The van der Waals surface area contributed by atoms with E-state index in [-0.39, 0.29) is 31.2 Å². The molecule has 0 aliphatic carbocycles. The van der Waals surface area contributed by atoms with Gasteiger partial charge in [-0.25, -0.2) is 0 Å². The first-order valence-corrected chi connectivity index (χ1v) is 5.76. The molecule has 1 rings (SSSR count). The number of carboxylic acid groups (broad SMARTS) is 1. The predicted molar refractivity (Wildman–Crippen MR) is 62.6 cm³/mol. The van der Waals surface area contributed by atoms with Gasteiger partial charge in [-0.3, -0.25) is 9.59 Å². The van der Waals surface area contributed by atoms with E-state index in [0.29, 0.717) is 0 Å². The summed E-state index contributed by atoms with van der Waals surface area (Å²) in [5.74, 6) is -1.26. The van der Waals surface area contributed by atoms with Crippen LogP contribution >= 0.6 is 0 Å². The van der Waals surface area contributed by atoms with Crippen LogP contribution < -0.4 is 0 Å². The number of hydrogen-bond donors (Lipinski definition) is 1. The van der Waals surface area contributed by atoms with Gasteiger partial charge in [0, 0.05) is 0 Å². The first-order chi connectivity index (χ1) is 7.97. The fourth-order valence-electron chi connectivity index (χ4n) is 2.18. The third-order valence-corrected chi connectivity index (χ3v) is 2.87. The zero-order valence-corrected chi connectivity index (χ0v) is 10.5. The summed E-state index contributed by atoms with van der Waals surface area (Å²) in [6, 6.07) is -0.271. The Kier molecular flexibility index (Phi) is 4.69. The number of ether oxygens (including phenoxy) is 1. The zero-order chi connectivity index (χ0) is 13.0. The SMILES string of the molecule is CC/C=C(\C)C1C(C)OCC(=O)N1CC(=O)O. The number of morpholine rings is 1. The Morgan fingerprint density at radius 1 is 1.65 bits per heavy atom. The number of hydrogen-bond acceptors (Lipinski definition) is 3. The molecule has 1 fully saturated rings. The molecule has 0 aromatic heterocycles. The Hall–Kier alpha value is -1.36. The van der Waals surface area contributed by atoms with E-state index >= 15 is 0 Å². The number of rotatable bonds is 4. The van der Waals surface area contributed by atoms with Crippen LogP contribution in [0.1, 0.15) is 27.2 Å². The normalized spacial score (nSPS) is 26.2. The summed E-state index contributed by atoms with van der Waals surface area (Å²) in [6.45, 7) is 5.46. The number of amides is 1. The van der Waals surface area contributed by atoms with Crippen LogP contribution in [-0.2, 0) is 14.3 Å². The molecule has 5 nitrogen and oxygen atoms in total. The van der Waals surface area contributed by atoms with Gasteiger partial charge in [0.2, 0.25) is 5.91 Å². The zero-order valence-electron chi connectivity index (χ0n) is 10.5. The Labute approximate surface area is 101 Å². The molecule has 96 valence electrons. The molecule has 1 heterocycles. The highest BCUT2D eigenvalue weighted by atomic mass is 16.5. The van der Waals surface area contributed by atoms with Crippen molar-refractivity contribution in [2.75, 3.05) is 13.2 Å². The van der Waals surface area contributed by atoms with Crippen molar-refractivity contribution < 1.29 is 19.4 Å². The van der Waals surface area contributed by atoms with Gasteiger partial charge < -0.3 is 14.7 Å². The number of aliphatic carboxylic acids is 1. The van der Waals surface area contributed by atoms with Gasteiger partial charge in [0.05, 0.1) is 12.1 Å². The summed E-state index contributed by atoms with van der Waals surface area (Å²) in [4.78, 5) is 23.9. The van der Waals surface area contributed by atoms with Gasteiger partial charge in [-0.2, -0.15) is 0 Å². The molecule has 0 aromatic rings. The van der Waals surface area contributed by atoms with E-state index in [2.05, 4.69) is 0 Å². The molecule has 17 heavy (non-hydrogen) atoms. The summed E-state index contributed by atoms with van der Waals surface area (Å²) in [7, 11) is 0. The molecule has 1 amide bonds. The molecule has 1 saturated heterocycles. The van der Waals surface area contributed by atoms with Crippen molar-refractivity contribution in [2.24, 2.45) is 0 Å². The largest absolute Gasteiger partial charge is 0.480 e. The first kappa shape index (κ1) is 13.7. The topological polar surface area (TPSA) is 66.8 Å². The molecule has 2 unspecified atom stereocenters. The van der Waals surface area contributed by atoms with Crippen LogP contribution in [0.3, 0.4) is 0 Å². The van der Waals surface area contributed by atoms with Gasteiger partial charge in [-0.15, -0.1) is 0 Å². The molecule has 2 atom stereocenters. The van der Waals surface area contributed by atoms with E-state index in [0.717, 1.165) is 12.0 Å². The smallest absolute Gasteiger partial charge is 0.323 e. The van der Waals surface area contributed by atoms with E-state index in [4.69, 9.17) is 9.84 Å². The highest BCUT2D eigenvalue weighted by molar-refractivity contribution is 5.83. The van der Waals surface area contributed by atoms with E-state index in [9.17, 15) is 9.59 Å². The lowest BCUT2D eigenvalue weighted by Crippen LogP contribution is -2.55. The molecular formula is C12H19NO4. The molecule has 0 radical (unpaired) electrons. The van der Waals surface area contributed by atoms with Gasteiger partial charge in [0.15, 0.2) is 0 Å². The number of allylic oxidation sites excluding steroid dienone is 1. The average Bonchev–Trinajstić information content (AvgIpc) is 2.23. The monoisotopic (exact) mass is 241 g/mol. The molecule has 5 heteroatoms. The van der Waals surface area contributed by atoms with Crippen LogP contribution in [0.4, 0.5) is 0 Å². The van der Waals surface area contributed by atoms with Gasteiger partial charge in [-0.1, -0.05) is 18.6 Å². The van der Waals surface area contributed by atoms with Crippen LogP contribution in [0.25, 0.3) is 0 Å². The summed E-state index contributed by atoms with van der Waals surface area (Å²) in [5.41, 5.74) is 0.981. The summed E-state index contributed by atoms with van der Waals surface area (Å²) in [5, 5.41) is 8.85. The Bertz CT molecular complexity index is 337. The quantitative estimate of drug-likeness (QED) is 0.747. The number of carboxylic acids is 1. The lowest BCUT2D eigenvalue weighted by atomic mass is 9.99. The second-order valence-electron chi connectivity index (χ2n) is 4.23. The maximum atomic E-state index is 11.7. The second-order valence-corrected chi connectivity index (χ2v) is 4.23. The van der Waals surface area contributed by atoms with Crippen LogP contribution in [0.5, 0.6) is 0 Å². The minimum absolute atomic E-state index is 0.0373. The van der Waals surface area contributed by atoms with Crippen molar-refractivity contribution in [3.05, 3.63) is 11.6 Å². The lowest BCUT2D eigenvalue weighted by Gasteiger charge is -2.39. The maximum Gasteiger partial charge on any atom is 0.323 e. The number of nitrogens with zero attached hydrogens (tertiary/aromatic N) is 1. The van der Waals surface area contributed by atoms with Gasteiger partial charge in [-0.05, 0) is 20.3 Å². The minimum Gasteiger partial charge on any atom is -0.480 e. The van der Waals surface area contributed by atoms with E-state index < -0.39 is 5.97 Å². The lowest BCUT2D eigenvalue weighted by molar-refractivity contribution is -0.159. The Balaban J connectivity index is 2.95. The van der Waals surface area contributed by atoms with Crippen LogP contribution in [0, 0.1) is 0 Å². The van der Waals surface area contributed by atoms with Crippen molar-refractivity contribution in [1.82, 2.24) is 4.90 Å². The number of carbonyl (C=O) groups excluding carboxylic acids is 1. The molecular weight excluding hydrogens is 222 g/mol. The summed E-state index contributed by atoms with van der Waals surface area (Å²) >= 11 is 0. The minimum atomic E-state index is -0.998. The molecule has 0 bridgehead atoms. The number of carbonyl (C=O) groups is 2. The molecule has 0 saturated carbocycles. The van der Waals surface area contributed by atoms with Crippen molar-refractivity contribution in [1.29, 1.82) is 0 Å². The maximum absolute atomic E-state index is 11.7. The fourth-order valence-corrected chi connectivity index (χ4v) is 2.18. The third-order valence-electron chi connectivity index (χ3n) is 2.87. The average molecular weight is 241 g/mol. The summed E-state index contributed by atoms with van der Waals surface area (Å²) < 4.78 is 5.36. The molecule has 0 spiro atoms. The molecule has 1 aliphatic heterocycles. The Morgan fingerprint density at radius 2 is 2.29 bits per heavy atom. The van der Waals surface area contributed by atoms with E-state index in [1.807, 2.05) is 26.8 Å². The fraction of sp³-hybridized carbons (Fsp3) is 0.667. The summed E-state index contributed by atoms with van der Waals surface area (Å²) in [6.07, 6.45) is 2.68. The van der Waals surface area contributed by atoms with Crippen molar-refractivity contribution in [3.63, 3.8) is 0 Å². The van der Waals surface area contributed by atoms with Crippen LogP contribution in [0.15, 0.2) is 11.6 Å². The van der Waals surface area contributed by atoms with Crippen LogP contribution in [0.2, 0.25) is 0 Å². The Morgan fingerprint density at radius 3 is 2.82 bits per heavy atom. The third kappa shape index (κ3) is 3.30. The molecule has 1 N–H and O–H groups in total. The van der Waals surface area contributed by atoms with E-state index in [1.54, 1.807) is 0 Å². The predicted octanol–water partition coefficient (Wildman–Crippen LogP) is 1.04. The van der Waals surface area contributed by atoms with Crippen molar-refractivity contribution in [2.45, 2.75) is 39.3 Å². The first-order valence-electron chi connectivity index (χ1n) is 5.76. The van der Waals surface area contributed by atoms with Gasteiger partial charge in [0.1, 0.15) is 13.2 Å². The van der Waals surface area contributed by atoms with Gasteiger partial charge >= 0.3 is 5.97 Å². The van der Waals surface area contributed by atoms with Crippen LogP contribution in [-0.4, -0.2) is 47.2 Å². The standard InChI is InChI=1S/C12H19NO4/c1-4-5-8(2)12-9(3)17-7-10(14)13(12)6-11(15)16/h5,9,12H,4,6-7H2,1-3H3,(H,15,16)/b8-5+. The van der Waals surface area contributed by atoms with Gasteiger partial charge in [0.25, 0.3) is 0 Å². The van der Waals surface area contributed by atoms with E-state index in [1.165, 1.54) is 4.90 Å².